The number of piperidine rings is 1. The van der Waals surface area contributed by atoms with E-state index in [1.807, 2.05) is 30.1 Å². The first kappa shape index (κ1) is 14.1. The van der Waals surface area contributed by atoms with Crippen LogP contribution in [0.15, 0.2) is 30.3 Å². The summed E-state index contributed by atoms with van der Waals surface area (Å²) < 4.78 is 0. The molecular weight excluding hydrogens is 236 g/mol. The normalized spacial score (nSPS) is 20.2. The number of nitrogens with zero attached hydrogens (tertiary/aromatic N) is 2. The number of hydrogen-bond donors (Lipinski definition) is 0. The number of hydrogen-bond acceptors (Lipinski definition) is 2. The Bertz CT molecular complexity index is 404. The molecule has 3 nitrogen and oxygen atoms in total. The molecule has 1 amide bonds. The summed E-state index contributed by atoms with van der Waals surface area (Å²) >= 11 is 0. The highest BCUT2D eigenvalue weighted by atomic mass is 16.2. The molecule has 1 unspecified atom stereocenters. The fourth-order valence-electron chi connectivity index (χ4n) is 2.79. The molecule has 104 valence electrons. The van der Waals surface area contributed by atoms with Crippen LogP contribution in [0.3, 0.4) is 0 Å². The van der Waals surface area contributed by atoms with Gasteiger partial charge in [0.25, 0.3) is 0 Å². The van der Waals surface area contributed by atoms with Gasteiger partial charge in [0, 0.05) is 26.6 Å². The SMILES string of the molecule is CN1CCCC(CC(=O)N(C)Cc2ccccc2)C1. The topological polar surface area (TPSA) is 23.6 Å². The third-order valence-electron chi connectivity index (χ3n) is 3.87. The number of likely N-dealkylation sites (tertiary alicyclic amines) is 1. The minimum absolute atomic E-state index is 0.268. The summed E-state index contributed by atoms with van der Waals surface area (Å²) in [6.07, 6.45) is 3.10. The first-order valence-electron chi connectivity index (χ1n) is 7.11. The summed E-state index contributed by atoms with van der Waals surface area (Å²) in [7, 11) is 4.05. The van der Waals surface area contributed by atoms with Gasteiger partial charge < -0.3 is 9.80 Å². The zero-order chi connectivity index (χ0) is 13.7. The van der Waals surface area contributed by atoms with E-state index in [-0.39, 0.29) is 5.91 Å². The lowest BCUT2D eigenvalue weighted by Crippen LogP contribution is -2.36. The quantitative estimate of drug-likeness (QED) is 0.830. The van der Waals surface area contributed by atoms with Crippen LogP contribution in [-0.2, 0) is 11.3 Å². The fourth-order valence-corrected chi connectivity index (χ4v) is 2.79. The average molecular weight is 260 g/mol. The standard InChI is InChI=1S/C16H24N2O/c1-17-10-6-9-15(12-17)11-16(19)18(2)13-14-7-4-3-5-8-14/h3-5,7-8,15H,6,9-13H2,1-2H3. The Labute approximate surface area is 116 Å². The molecule has 1 aliphatic rings. The Hall–Kier alpha value is -1.35. The van der Waals surface area contributed by atoms with E-state index in [4.69, 9.17) is 0 Å². The first-order chi connectivity index (χ1) is 9.15. The largest absolute Gasteiger partial charge is 0.341 e. The molecule has 19 heavy (non-hydrogen) atoms. The molecule has 1 aromatic rings. The highest BCUT2D eigenvalue weighted by Crippen LogP contribution is 2.19. The van der Waals surface area contributed by atoms with Gasteiger partial charge in [-0.25, -0.2) is 0 Å². The number of benzene rings is 1. The molecule has 0 spiro atoms. The van der Waals surface area contributed by atoms with Gasteiger partial charge in [-0.3, -0.25) is 4.79 Å². The molecule has 1 aromatic carbocycles. The summed E-state index contributed by atoms with van der Waals surface area (Å²) in [6, 6.07) is 10.2. The van der Waals surface area contributed by atoms with E-state index in [2.05, 4.69) is 24.1 Å². The highest BCUT2D eigenvalue weighted by Gasteiger charge is 2.21. The number of amides is 1. The molecule has 0 aliphatic carbocycles. The molecule has 1 saturated heterocycles. The van der Waals surface area contributed by atoms with Gasteiger partial charge in [-0.2, -0.15) is 0 Å². The summed E-state index contributed by atoms with van der Waals surface area (Å²) in [5, 5.41) is 0. The Morgan fingerprint density at radius 2 is 2.11 bits per heavy atom. The van der Waals surface area contributed by atoms with Crippen molar-refractivity contribution >= 4 is 5.91 Å². The molecule has 0 aromatic heterocycles. The molecule has 1 atom stereocenters. The third-order valence-corrected chi connectivity index (χ3v) is 3.87. The van der Waals surface area contributed by atoms with Crippen molar-refractivity contribution in [3.05, 3.63) is 35.9 Å². The van der Waals surface area contributed by atoms with Crippen molar-refractivity contribution in [2.24, 2.45) is 5.92 Å². The maximum atomic E-state index is 12.2. The van der Waals surface area contributed by atoms with Crippen molar-refractivity contribution in [1.29, 1.82) is 0 Å². The van der Waals surface area contributed by atoms with Crippen molar-refractivity contribution in [3.63, 3.8) is 0 Å². The van der Waals surface area contributed by atoms with E-state index in [9.17, 15) is 4.79 Å². The van der Waals surface area contributed by atoms with Crippen molar-refractivity contribution in [3.8, 4) is 0 Å². The Balaban J connectivity index is 1.82. The summed E-state index contributed by atoms with van der Waals surface area (Å²) in [5.41, 5.74) is 1.19. The van der Waals surface area contributed by atoms with Crippen LogP contribution >= 0.6 is 0 Å². The van der Waals surface area contributed by atoms with Crippen molar-refractivity contribution in [1.82, 2.24) is 9.80 Å². The van der Waals surface area contributed by atoms with E-state index in [0.29, 0.717) is 18.9 Å². The van der Waals surface area contributed by atoms with Gasteiger partial charge in [0.15, 0.2) is 0 Å². The molecule has 0 N–H and O–H groups in total. The molecule has 1 aliphatic heterocycles. The highest BCUT2D eigenvalue weighted by molar-refractivity contribution is 5.76. The van der Waals surface area contributed by atoms with Crippen LogP contribution in [0.2, 0.25) is 0 Å². The monoisotopic (exact) mass is 260 g/mol. The van der Waals surface area contributed by atoms with Crippen LogP contribution in [-0.4, -0.2) is 42.9 Å². The van der Waals surface area contributed by atoms with Gasteiger partial charge in [-0.05, 0) is 37.9 Å². The zero-order valence-corrected chi connectivity index (χ0v) is 12.0. The number of rotatable bonds is 4. The second-order valence-electron chi connectivity index (χ2n) is 5.71. The lowest BCUT2D eigenvalue weighted by Gasteiger charge is -2.30. The molecular formula is C16H24N2O. The van der Waals surface area contributed by atoms with Crippen LogP contribution in [0, 0.1) is 5.92 Å². The first-order valence-corrected chi connectivity index (χ1v) is 7.11. The minimum Gasteiger partial charge on any atom is -0.341 e. The van der Waals surface area contributed by atoms with Gasteiger partial charge in [0.1, 0.15) is 0 Å². The van der Waals surface area contributed by atoms with Gasteiger partial charge in [0.2, 0.25) is 5.91 Å². The predicted molar refractivity (Wildman–Crippen MR) is 77.8 cm³/mol. The van der Waals surface area contributed by atoms with Crippen molar-refractivity contribution in [2.75, 3.05) is 27.2 Å². The maximum absolute atomic E-state index is 12.2. The summed E-state index contributed by atoms with van der Waals surface area (Å²) in [4.78, 5) is 16.4. The fraction of sp³-hybridized carbons (Fsp3) is 0.562. The van der Waals surface area contributed by atoms with E-state index < -0.39 is 0 Å². The Morgan fingerprint density at radius 3 is 2.79 bits per heavy atom. The smallest absolute Gasteiger partial charge is 0.222 e. The Kier molecular flexibility index (Phi) is 4.97. The average Bonchev–Trinajstić information content (AvgIpc) is 2.40. The Morgan fingerprint density at radius 1 is 1.37 bits per heavy atom. The summed E-state index contributed by atoms with van der Waals surface area (Å²) in [5.74, 6) is 0.800. The zero-order valence-electron chi connectivity index (χ0n) is 12.0. The second-order valence-corrected chi connectivity index (χ2v) is 5.71. The molecule has 2 rings (SSSR count). The lowest BCUT2D eigenvalue weighted by atomic mass is 9.94. The number of carbonyl (C=O) groups excluding carboxylic acids is 1. The molecule has 1 heterocycles. The van der Waals surface area contributed by atoms with Crippen molar-refractivity contribution < 1.29 is 4.79 Å². The molecule has 0 bridgehead atoms. The molecule has 0 saturated carbocycles. The van der Waals surface area contributed by atoms with Gasteiger partial charge in [-0.1, -0.05) is 30.3 Å². The lowest BCUT2D eigenvalue weighted by molar-refractivity contribution is -0.131. The van der Waals surface area contributed by atoms with Gasteiger partial charge >= 0.3 is 0 Å². The molecule has 0 radical (unpaired) electrons. The van der Waals surface area contributed by atoms with Gasteiger partial charge in [0.05, 0.1) is 0 Å². The van der Waals surface area contributed by atoms with Crippen molar-refractivity contribution in [2.45, 2.75) is 25.8 Å². The van der Waals surface area contributed by atoms with Crippen LogP contribution in [0.5, 0.6) is 0 Å². The molecule has 1 fully saturated rings. The van der Waals surface area contributed by atoms with Crippen LogP contribution < -0.4 is 0 Å². The van der Waals surface area contributed by atoms with Crippen LogP contribution in [0.25, 0.3) is 0 Å². The summed E-state index contributed by atoms with van der Waals surface area (Å²) in [6.45, 7) is 2.94. The van der Waals surface area contributed by atoms with E-state index in [1.54, 1.807) is 0 Å². The van der Waals surface area contributed by atoms with Crippen LogP contribution in [0.1, 0.15) is 24.8 Å². The van der Waals surface area contributed by atoms with E-state index in [1.165, 1.54) is 24.9 Å². The van der Waals surface area contributed by atoms with Gasteiger partial charge in [-0.15, -0.1) is 0 Å². The second kappa shape index (κ2) is 6.71. The van der Waals surface area contributed by atoms with E-state index >= 15 is 0 Å². The predicted octanol–water partition coefficient (Wildman–Crippen LogP) is 2.38. The third kappa shape index (κ3) is 4.35. The maximum Gasteiger partial charge on any atom is 0.222 e. The van der Waals surface area contributed by atoms with E-state index in [0.717, 1.165) is 6.54 Å². The molecule has 3 heteroatoms. The minimum atomic E-state index is 0.268. The van der Waals surface area contributed by atoms with Crippen LogP contribution in [0.4, 0.5) is 0 Å². The number of carbonyl (C=O) groups is 1.